The van der Waals surface area contributed by atoms with Gasteiger partial charge in [-0.3, -0.25) is 5.10 Å². The van der Waals surface area contributed by atoms with Crippen molar-refractivity contribution in [2.24, 2.45) is 0 Å². The normalized spacial score (nSPS) is 10.5. The maximum atomic E-state index is 3.94. The van der Waals surface area contributed by atoms with Gasteiger partial charge in [-0.15, -0.1) is 0 Å². The lowest BCUT2D eigenvalue weighted by Gasteiger charge is -1.90. The molecule has 1 aromatic carbocycles. The third-order valence-electron chi connectivity index (χ3n) is 1.56. The minimum Gasteiger partial charge on any atom is -0.278 e. The second-order valence-electron chi connectivity index (χ2n) is 2.24. The molecule has 3 heteroatoms. The Hall–Kier alpha value is -0.710. The van der Waals surface area contributed by atoms with Crippen LogP contribution in [0.1, 0.15) is 0 Å². The number of aromatic nitrogens is 2. The molecule has 0 aliphatic rings. The number of fused-ring (bicyclic) bond motifs is 1. The lowest BCUT2D eigenvalue weighted by Crippen LogP contribution is -1.70. The first-order chi connectivity index (χ1) is 5.40. The topological polar surface area (TPSA) is 28.7 Å². The maximum absolute atomic E-state index is 3.94. The molecule has 1 N–H and O–H groups in total. The standard InChI is InChI=1S/C8H7IN2/c1-9-7-2-3-8-6(4-7)5-10-11-8/h2-5H,1H2,(H,10,11). The first-order valence-electron chi connectivity index (χ1n) is 3.21. The number of hydrogen-bond donors (Lipinski definition) is 1. The molecule has 0 spiro atoms. The number of benzene rings is 1. The Morgan fingerprint density at radius 1 is 1.45 bits per heavy atom. The molecular formula is C8H7IN2. The molecule has 1 aromatic heterocycles. The van der Waals surface area contributed by atoms with Crippen LogP contribution in [0.2, 0.25) is 0 Å². The van der Waals surface area contributed by atoms with Gasteiger partial charge in [0.2, 0.25) is 0 Å². The van der Waals surface area contributed by atoms with Crippen molar-refractivity contribution in [2.75, 3.05) is 0 Å². The molecule has 0 saturated heterocycles. The number of hydrogen-bond acceptors (Lipinski definition) is 1. The lowest BCUT2D eigenvalue weighted by atomic mass is 10.3. The first-order valence-corrected chi connectivity index (χ1v) is 5.82. The Balaban J connectivity index is 2.76. The number of nitrogens with one attached hydrogen (secondary N) is 1. The van der Waals surface area contributed by atoms with Gasteiger partial charge in [0, 0.05) is 8.96 Å². The van der Waals surface area contributed by atoms with Gasteiger partial charge in [0.25, 0.3) is 0 Å². The summed E-state index contributed by atoms with van der Waals surface area (Å²) in [5.74, 6) is 0. The van der Waals surface area contributed by atoms with Crippen molar-refractivity contribution in [1.82, 2.24) is 10.2 Å². The largest absolute Gasteiger partial charge is 0.278 e. The van der Waals surface area contributed by atoms with Crippen molar-refractivity contribution in [3.8, 4) is 0 Å². The Morgan fingerprint density at radius 2 is 2.36 bits per heavy atom. The zero-order valence-corrected chi connectivity index (χ0v) is 8.00. The highest BCUT2D eigenvalue weighted by molar-refractivity contribution is 14.2. The predicted molar refractivity (Wildman–Crippen MR) is 55.9 cm³/mol. The molecule has 1 heterocycles. The van der Waals surface area contributed by atoms with E-state index >= 15 is 0 Å². The summed E-state index contributed by atoms with van der Waals surface area (Å²) < 4.78 is 5.29. The van der Waals surface area contributed by atoms with Gasteiger partial charge in [-0.25, -0.2) is 0 Å². The van der Waals surface area contributed by atoms with Gasteiger partial charge in [0.15, 0.2) is 0 Å². The SMILES string of the molecule is C=Ic1ccc2[nH]ncc2c1. The van der Waals surface area contributed by atoms with Crippen molar-refractivity contribution in [3.05, 3.63) is 28.0 Å². The van der Waals surface area contributed by atoms with E-state index in [1.165, 1.54) is 8.96 Å². The second-order valence-corrected chi connectivity index (χ2v) is 4.24. The molecule has 0 atom stereocenters. The van der Waals surface area contributed by atoms with E-state index in [9.17, 15) is 0 Å². The van der Waals surface area contributed by atoms with Crippen LogP contribution in [0.4, 0.5) is 0 Å². The Morgan fingerprint density at radius 3 is 3.18 bits per heavy atom. The van der Waals surface area contributed by atoms with Crippen LogP contribution in [0.15, 0.2) is 24.4 Å². The second kappa shape index (κ2) is 2.73. The molecule has 2 rings (SSSR count). The highest BCUT2D eigenvalue weighted by atomic mass is 127. The Labute approximate surface area is 74.4 Å². The van der Waals surface area contributed by atoms with Crippen LogP contribution < -0.4 is 0 Å². The monoisotopic (exact) mass is 258 g/mol. The number of halogens is 1. The molecule has 0 aliphatic carbocycles. The van der Waals surface area contributed by atoms with Gasteiger partial charge in [-0.1, -0.05) is 25.2 Å². The minimum atomic E-state index is -0.0380. The maximum Gasteiger partial charge on any atom is 0.0651 e. The van der Waals surface area contributed by atoms with Crippen LogP contribution in [0.25, 0.3) is 10.9 Å². The van der Waals surface area contributed by atoms with E-state index in [0.29, 0.717) is 0 Å². The molecule has 56 valence electrons. The van der Waals surface area contributed by atoms with Crippen molar-refractivity contribution in [2.45, 2.75) is 0 Å². The highest BCUT2D eigenvalue weighted by Gasteiger charge is 1.93. The van der Waals surface area contributed by atoms with Crippen LogP contribution in [0.3, 0.4) is 0 Å². The molecule has 2 nitrogen and oxygen atoms in total. The lowest BCUT2D eigenvalue weighted by molar-refractivity contribution is 1.12. The Bertz CT molecular complexity index is 392. The summed E-state index contributed by atoms with van der Waals surface area (Å²) in [7, 11) is 0. The van der Waals surface area contributed by atoms with Crippen molar-refractivity contribution >= 4 is 36.1 Å². The summed E-state index contributed by atoms with van der Waals surface area (Å²) in [6.07, 6.45) is 1.85. The van der Waals surface area contributed by atoms with Crippen molar-refractivity contribution in [1.29, 1.82) is 0 Å². The fourth-order valence-corrected chi connectivity index (χ4v) is 1.99. The molecule has 0 saturated carbocycles. The summed E-state index contributed by atoms with van der Waals surface area (Å²) in [6.45, 7) is 0. The number of rotatable bonds is 1. The van der Waals surface area contributed by atoms with E-state index in [0.717, 1.165) is 5.52 Å². The van der Waals surface area contributed by atoms with Gasteiger partial charge < -0.3 is 0 Å². The zero-order chi connectivity index (χ0) is 7.68. The summed E-state index contributed by atoms with van der Waals surface area (Å²) in [5, 5.41) is 8.04. The van der Waals surface area contributed by atoms with E-state index in [4.69, 9.17) is 0 Å². The van der Waals surface area contributed by atoms with Crippen LogP contribution in [0.5, 0.6) is 0 Å². The predicted octanol–water partition coefficient (Wildman–Crippen LogP) is 2.14. The molecule has 2 aromatic rings. The highest BCUT2D eigenvalue weighted by Crippen LogP contribution is 2.16. The van der Waals surface area contributed by atoms with Crippen LogP contribution in [0, 0.1) is 3.57 Å². The smallest absolute Gasteiger partial charge is 0.0651 e. The summed E-state index contributed by atoms with van der Waals surface area (Å²) in [4.78, 5) is 0. The number of nitrogens with zero attached hydrogens (tertiary/aromatic N) is 1. The third kappa shape index (κ3) is 1.20. The summed E-state index contributed by atoms with van der Waals surface area (Å²) >= 11 is -0.0380. The van der Waals surface area contributed by atoms with Crippen LogP contribution >= 0.6 is 20.7 Å². The van der Waals surface area contributed by atoms with E-state index in [1.807, 2.05) is 6.20 Å². The van der Waals surface area contributed by atoms with E-state index in [-0.39, 0.29) is 20.7 Å². The molecule has 0 bridgehead atoms. The average molecular weight is 258 g/mol. The van der Waals surface area contributed by atoms with Gasteiger partial charge in [-0.05, 0) is 18.2 Å². The molecule has 0 amide bonds. The molecule has 0 unspecified atom stereocenters. The quantitative estimate of drug-likeness (QED) is 0.780. The fourth-order valence-electron chi connectivity index (χ4n) is 0.997. The number of aromatic amines is 1. The van der Waals surface area contributed by atoms with Crippen molar-refractivity contribution in [3.63, 3.8) is 0 Å². The molecule has 0 aliphatic heterocycles. The summed E-state index contributed by atoms with van der Waals surface area (Å²) in [6, 6.07) is 6.32. The zero-order valence-electron chi connectivity index (χ0n) is 5.84. The van der Waals surface area contributed by atoms with Gasteiger partial charge in [-0.2, -0.15) is 5.10 Å². The van der Waals surface area contributed by atoms with Crippen LogP contribution in [-0.4, -0.2) is 14.7 Å². The molecule has 11 heavy (non-hydrogen) atoms. The minimum absolute atomic E-state index is 0.0380. The van der Waals surface area contributed by atoms with Gasteiger partial charge >= 0.3 is 0 Å². The molecule has 0 fully saturated rings. The van der Waals surface area contributed by atoms with E-state index < -0.39 is 0 Å². The molecule has 0 radical (unpaired) electrons. The third-order valence-corrected chi connectivity index (χ3v) is 3.11. The van der Waals surface area contributed by atoms with Gasteiger partial charge in [0.05, 0.1) is 11.7 Å². The van der Waals surface area contributed by atoms with Gasteiger partial charge in [0.1, 0.15) is 0 Å². The summed E-state index contributed by atoms with van der Waals surface area (Å²) in [5.41, 5.74) is 1.10. The van der Waals surface area contributed by atoms with E-state index in [2.05, 4.69) is 32.9 Å². The fraction of sp³-hybridized carbons (Fsp3) is 0. The van der Waals surface area contributed by atoms with Crippen molar-refractivity contribution < 1.29 is 0 Å². The Kier molecular flexibility index (Phi) is 1.73. The molecular weight excluding hydrogens is 251 g/mol. The van der Waals surface area contributed by atoms with Crippen LogP contribution in [-0.2, 0) is 0 Å². The number of H-pyrrole nitrogens is 1. The average Bonchev–Trinajstić information content (AvgIpc) is 2.50. The van der Waals surface area contributed by atoms with E-state index in [1.54, 1.807) is 0 Å². The first kappa shape index (κ1) is 6.97.